The molecule has 1 heterocycles. The second kappa shape index (κ2) is 8.14. The summed E-state index contributed by atoms with van der Waals surface area (Å²) >= 11 is 3.40. The minimum atomic E-state index is -0.256. The van der Waals surface area contributed by atoms with Crippen LogP contribution in [0.15, 0.2) is 51.5 Å². The van der Waals surface area contributed by atoms with E-state index in [4.69, 9.17) is 9.26 Å². The van der Waals surface area contributed by atoms with Crippen LogP contribution in [0.3, 0.4) is 0 Å². The molecule has 0 aliphatic carbocycles. The van der Waals surface area contributed by atoms with Crippen LogP contribution in [0.4, 0.5) is 0 Å². The summed E-state index contributed by atoms with van der Waals surface area (Å²) < 4.78 is 11.7. The lowest BCUT2D eigenvalue weighted by molar-refractivity contribution is -0.123. The zero-order valence-corrected chi connectivity index (χ0v) is 16.0. The molecule has 6 nitrogen and oxygen atoms in total. The molecule has 7 heteroatoms. The minimum Gasteiger partial charge on any atom is -0.483 e. The van der Waals surface area contributed by atoms with E-state index in [1.54, 1.807) is 0 Å². The number of carbonyl (C=O) groups is 1. The molecule has 1 amide bonds. The third kappa shape index (κ3) is 4.49. The fourth-order valence-electron chi connectivity index (χ4n) is 2.32. The van der Waals surface area contributed by atoms with Crippen molar-refractivity contribution in [3.05, 3.63) is 64.0 Å². The highest BCUT2D eigenvalue weighted by Gasteiger charge is 2.11. The SMILES string of the molecule is Cc1cccc(OCC(=O)NCc2nc(-c3cccc(Br)c3)no2)c1C. The summed E-state index contributed by atoms with van der Waals surface area (Å²) in [7, 11) is 0. The van der Waals surface area contributed by atoms with Gasteiger partial charge in [-0.25, -0.2) is 0 Å². The van der Waals surface area contributed by atoms with Crippen molar-refractivity contribution in [2.24, 2.45) is 0 Å². The van der Waals surface area contributed by atoms with Gasteiger partial charge in [-0.3, -0.25) is 4.79 Å². The lowest BCUT2D eigenvalue weighted by Crippen LogP contribution is -2.28. The van der Waals surface area contributed by atoms with Crippen molar-refractivity contribution in [1.29, 1.82) is 0 Å². The second-order valence-corrected chi connectivity index (χ2v) is 6.70. The maximum absolute atomic E-state index is 12.0. The molecule has 0 bridgehead atoms. The van der Waals surface area contributed by atoms with Crippen molar-refractivity contribution in [2.75, 3.05) is 6.61 Å². The van der Waals surface area contributed by atoms with Crippen LogP contribution in [0.1, 0.15) is 17.0 Å². The molecule has 0 atom stereocenters. The third-order valence-corrected chi connectivity index (χ3v) is 4.39. The number of benzene rings is 2. The number of hydrogen-bond donors (Lipinski definition) is 1. The number of nitrogens with one attached hydrogen (secondary N) is 1. The van der Waals surface area contributed by atoms with Gasteiger partial charge in [0.25, 0.3) is 5.91 Å². The van der Waals surface area contributed by atoms with E-state index in [1.807, 2.05) is 56.3 Å². The smallest absolute Gasteiger partial charge is 0.258 e. The van der Waals surface area contributed by atoms with Gasteiger partial charge in [0.1, 0.15) is 5.75 Å². The number of aryl methyl sites for hydroxylation is 1. The Morgan fingerprint density at radius 2 is 2.04 bits per heavy atom. The predicted octanol–water partition coefficient (Wildman–Crippen LogP) is 3.81. The Balaban J connectivity index is 1.53. The van der Waals surface area contributed by atoms with Crippen LogP contribution in [-0.4, -0.2) is 22.7 Å². The molecule has 1 N–H and O–H groups in total. The molecule has 26 heavy (non-hydrogen) atoms. The van der Waals surface area contributed by atoms with E-state index in [0.29, 0.717) is 17.5 Å². The number of amides is 1. The van der Waals surface area contributed by atoms with Crippen molar-refractivity contribution < 1.29 is 14.1 Å². The van der Waals surface area contributed by atoms with Crippen LogP contribution >= 0.6 is 15.9 Å². The number of rotatable bonds is 6. The van der Waals surface area contributed by atoms with Crippen molar-refractivity contribution in [1.82, 2.24) is 15.5 Å². The molecule has 0 unspecified atom stereocenters. The number of halogens is 1. The maximum Gasteiger partial charge on any atom is 0.258 e. The molecule has 0 spiro atoms. The Morgan fingerprint density at radius 3 is 2.85 bits per heavy atom. The van der Waals surface area contributed by atoms with E-state index in [2.05, 4.69) is 31.4 Å². The highest BCUT2D eigenvalue weighted by molar-refractivity contribution is 9.10. The first kappa shape index (κ1) is 18.1. The maximum atomic E-state index is 12.0. The quantitative estimate of drug-likeness (QED) is 0.661. The Bertz CT molecular complexity index is 924. The van der Waals surface area contributed by atoms with Crippen molar-refractivity contribution in [3.8, 4) is 17.1 Å². The van der Waals surface area contributed by atoms with E-state index >= 15 is 0 Å². The van der Waals surface area contributed by atoms with Crippen molar-refractivity contribution in [2.45, 2.75) is 20.4 Å². The molecule has 2 aromatic carbocycles. The predicted molar refractivity (Wildman–Crippen MR) is 101 cm³/mol. The molecule has 0 aliphatic heterocycles. The van der Waals surface area contributed by atoms with Gasteiger partial charge in [0.05, 0.1) is 6.54 Å². The standard InChI is InChI=1S/C19H18BrN3O3/c1-12-5-3-8-16(13(12)2)25-11-17(24)21-10-18-22-19(23-26-18)14-6-4-7-15(20)9-14/h3-9H,10-11H2,1-2H3,(H,21,24). The zero-order chi connectivity index (χ0) is 18.5. The Hall–Kier alpha value is -2.67. The number of carbonyl (C=O) groups excluding carboxylic acids is 1. The van der Waals surface area contributed by atoms with Crippen molar-refractivity contribution >= 4 is 21.8 Å². The summed E-state index contributed by atoms with van der Waals surface area (Å²) in [6.07, 6.45) is 0. The molecular weight excluding hydrogens is 398 g/mol. The van der Waals surface area contributed by atoms with Crippen LogP contribution in [-0.2, 0) is 11.3 Å². The van der Waals surface area contributed by atoms with E-state index in [0.717, 1.165) is 21.2 Å². The second-order valence-electron chi connectivity index (χ2n) is 5.79. The van der Waals surface area contributed by atoms with E-state index in [9.17, 15) is 4.79 Å². The van der Waals surface area contributed by atoms with Gasteiger partial charge in [0.2, 0.25) is 11.7 Å². The molecule has 3 rings (SSSR count). The molecule has 134 valence electrons. The molecular formula is C19H18BrN3O3. The summed E-state index contributed by atoms with van der Waals surface area (Å²) in [6.45, 7) is 4.04. The first-order valence-corrected chi connectivity index (χ1v) is 8.86. The van der Waals surface area contributed by atoms with Gasteiger partial charge in [-0.05, 0) is 43.2 Å². The lowest BCUT2D eigenvalue weighted by atomic mass is 10.1. The molecule has 0 radical (unpaired) electrons. The highest BCUT2D eigenvalue weighted by Crippen LogP contribution is 2.21. The van der Waals surface area contributed by atoms with Gasteiger partial charge in [-0.15, -0.1) is 0 Å². The van der Waals surface area contributed by atoms with Gasteiger partial charge < -0.3 is 14.6 Å². The first-order chi connectivity index (χ1) is 12.5. The summed E-state index contributed by atoms with van der Waals surface area (Å²) in [4.78, 5) is 16.3. The van der Waals surface area contributed by atoms with Crippen molar-refractivity contribution in [3.63, 3.8) is 0 Å². The summed E-state index contributed by atoms with van der Waals surface area (Å²) in [6, 6.07) is 13.3. The summed E-state index contributed by atoms with van der Waals surface area (Å²) in [5.74, 6) is 1.25. The number of nitrogens with zero attached hydrogens (tertiary/aromatic N) is 2. The topological polar surface area (TPSA) is 77.2 Å². The lowest BCUT2D eigenvalue weighted by Gasteiger charge is -2.10. The van der Waals surface area contributed by atoms with Crippen LogP contribution in [0.5, 0.6) is 5.75 Å². The normalized spacial score (nSPS) is 10.6. The molecule has 0 fully saturated rings. The van der Waals surface area contributed by atoms with Gasteiger partial charge in [0, 0.05) is 10.0 Å². The fraction of sp³-hybridized carbons (Fsp3) is 0.211. The third-order valence-electron chi connectivity index (χ3n) is 3.90. The van der Waals surface area contributed by atoms with Gasteiger partial charge >= 0.3 is 0 Å². The Labute approximate surface area is 159 Å². The molecule has 1 aromatic heterocycles. The average Bonchev–Trinajstić information content (AvgIpc) is 3.10. The molecule has 0 saturated heterocycles. The summed E-state index contributed by atoms with van der Waals surface area (Å²) in [5, 5.41) is 6.64. The monoisotopic (exact) mass is 415 g/mol. The van der Waals surface area contributed by atoms with Crippen LogP contribution in [0, 0.1) is 13.8 Å². The van der Waals surface area contributed by atoms with Gasteiger partial charge in [0.15, 0.2) is 6.61 Å². The number of hydrogen-bond acceptors (Lipinski definition) is 5. The van der Waals surface area contributed by atoms with E-state index < -0.39 is 0 Å². The molecule has 0 saturated carbocycles. The largest absolute Gasteiger partial charge is 0.483 e. The van der Waals surface area contributed by atoms with E-state index in [-0.39, 0.29) is 19.1 Å². The highest BCUT2D eigenvalue weighted by atomic mass is 79.9. The number of ether oxygens (including phenoxy) is 1. The fourth-order valence-corrected chi connectivity index (χ4v) is 2.72. The first-order valence-electron chi connectivity index (χ1n) is 8.07. The Kier molecular flexibility index (Phi) is 5.68. The summed E-state index contributed by atoms with van der Waals surface area (Å²) in [5.41, 5.74) is 2.98. The van der Waals surface area contributed by atoms with E-state index in [1.165, 1.54) is 0 Å². The molecule has 0 aliphatic rings. The number of aromatic nitrogens is 2. The van der Waals surface area contributed by atoms with Crippen LogP contribution in [0.25, 0.3) is 11.4 Å². The average molecular weight is 416 g/mol. The van der Waals surface area contributed by atoms with Crippen LogP contribution in [0.2, 0.25) is 0 Å². The van der Waals surface area contributed by atoms with Gasteiger partial charge in [-0.1, -0.05) is 45.4 Å². The molecule has 3 aromatic rings. The zero-order valence-electron chi connectivity index (χ0n) is 14.5. The van der Waals surface area contributed by atoms with Crippen LogP contribution < -0.4 is 10.1 Å². The Morgan fingerprint density at radius 1 is 1.23 bits per heavy atom. The minimum absolute atomic E-state index is 0.0725. The van der Waals surface area contributed by atoms with Gasteiger partial charge in [-0.2, -0.15) is 4.98 Å².